The molecule has 2 aromatic rings. The number of carbonyl (C=O) groups excluding carboxylic acids is 1. The molecule has 1 aliphatic carbocycles. The minimum Gasteiger partial charge on any atom is -0.497 e. The number of benzene rings is 2. The normalized spacial score (nSPS) is 17.8. The molecule has 0 fully saturated rings. The molecule has 0 amide bonds. The van der Waals surface area contributed by atoms with Crippen molar-refractivity contribution in [2.45, 2.75) is 18.8 Å². The molecule has 0 radical (unpaired) electrons. The van der Waals surface area contributed by atoms with Crippen LogP contribution in [0.3, 0.4) is 0 Å². The smallest absolute Gasteiger partial charge is 0.158 e. The topological polar surface area (TPSA) is 38.3 Å². The molecule has 22 heavy (non-hydrogen) atoms. The number of rotatable bonds is 4. The van der Waals surface area contributed by atoms with Gasteiger partial charge in [0.1, 0.15) is 5.75 Å². The molecule has 0 aromatic heterocycles. The van der Waals surface area contributed by atoms with Gasteiger partial charge in [0.2, 0.25) is 0 Å². The van der Waals surface area contributed by atoms with Gasteiger partial charge in [-0.3, -0.25) is 4.79 Å². The van der Waals surface area contributed by atoms with E-state index in [-0.39, 0.29) is 11.7 Å². The van der Waals surface area contributed by atoms with Crippen molar-refractivity contribution in [2.75, 3.05) is 12.4 Å². The van der Waals surface area contributed by atoms with Crippen LogP contribution in [0.2, 0.25) is 0 Å². The summed E-state index contributed by atoms with van der Waals surface area (Å²) >= 11 is 0. The molecule has 0 unspecified atom stereocenters. The first kappa shape index (κ1) is 14.4. The van der Waals surface area contributed by atoms with Crippen LogP contribution in [-0.4, -0.2) is 12.9 Å². The average Bonchev–Trinajstić information content (AvgIpc) is 2.55. The summed E-state index contributed by atoms with van der Waals surface area (Å²) in [5, 5.41) is 3.35. The zero-order valence-corrected chi connectivity index (χ0v) is 12.6. The zero-order chi connectivity index (χ0) is 15.4. The number of hydrogen-bond donors (Lipinski definition) is 1. The van der Waals surface area contributed by atoms with Crippen molar-refractivity contribution in [1.29, 1.82) is 0 Å². The van der Waals surface area contributed by atoms with Gasteiger partial charge in [0.05, 0.1) is 7.11 Å². The molecule has 112 valence electrons. The van der Waals surface area contributed by atoms with Gasteiger partial charge in [0.15, 0.2) is 5.78 Å². The van der Waals surface area contributed by atoms with E-state index in [1.165, 1.54) is 5.56 Å². The molecule has 1 atom stereocenters. The van der Waals surface area contributed by atoms with Gasteiger partial charge in [-0.15, -0.1) is 0 Å². The summed E-state index contributed by atoms with van der Waals surface area (Å²) in [4.78, 5) is 12.0. The molecular formula is C19H19NO2. The molecule has 2 aromatic carbocycles. The van der Waals surface area contributed by atoms with Crippen molar-refractivity contribution in [3.05, 3.63) is 71.9 Å². The molecule has 0 spiro atoms. The highest BCUT2D eigenvalue weighted by Crippen LogP contribution is 2.32. The van der Waals surface area contributed by atoms with Crippen molar-refractivity contribution in [2.24, 2.45) is 0 Å². The number of ether oxygens (including phenoxy) is 1. The second-order valence-corrected chi connectivity index (χ2v) is 5.51. The molecule has 1 N–H and O–H groups in total. The van der Waals surface area contributed by atoms with Gasteiger partial charge in [-0.2, -0.15) is 0 Å². The van der Waals surface area contributed by atoms with Crippen LogP contribution in [0.25, 0.3) is 0 Å². The number of anilines is 1. The zero-order valence-electron chi connectivity index (χ0n) is 12.6. The molecular weight excluding hydrogens is 274 g/mol. The Hall–Kier alpha value is -2.55. The Bertz CT molecular complexity index is 692. The Labute approximate surface area is 130 Å². The van der Waals surface area contributed by atoms with Crippen molar-refractivity contribution in [3.63, 3.8) is 0 Å². The minimum absolute atomic E-state index is 0.172. The lowest BCUT2D eigenvalue weighted by Crippen LogP contribution is -2.16. The van der Waals surface area contributed by atoms with Crippen molar-refractivity contribution >= 4 is 11.5 Å². The molecule has 0 aliphatic heterocycles. The monoisotopic (exact) mass is 293 g/mol. The number of allylic oxidation sites excluding steroid dienone is 2. The Balaban J connectivity index is 1.77. The second kappa shape index (κ2) is 6.48. The summed E-state index contributed by atoms with van der Waals surface area (Å²) in [6, 6.07) is 18.0. The summed E-state index contributed by atoms with van der Waals surface area (Å²) in [6.45, 7) is 0. The van der Waals surface area contributed by atoms with Crippen LogP contribution < -0.4 is 10.1 Å². The fourth-order valence-electron chi connectivity index (χ4n) is 2.83. The minimum atomic E-state index is 0.172. The van der Waals surface area contributed by atoms with Gasteiger partial charge < -0.3 is 10.1 Å². The first-order chi connectivity index (χ1) is 10.7. The molecule has 0 heterocycles. The number of ketones is 1. The number of nitrogens with one attached hydrogen (secondary N) is 1. The van der Waals surface area contributed by atoms with Crippen LogP contribution in [0.5, 0.6) is 5.75 Å². The van der Waals surface area contributed by atoms with E-state index in [0.29, 0.717) is 6.42 Å². The highest BCUT2D eigenvalue weighted by molar-refractivity contribution is 5.92. The standard InChI is InChI=1S/C19H19NO2/c1-22-19-9-5-8-16(13-19)20-17-10-15(11-18(21)12-17)14-6-3-2-4-7-14/h2-9,12-13,15,20H,10-11H2,1H3/t15-/m0/s1. The first-order valence-electron chi connectivity index (χ1n) is 7.44. The average molecular weight is 293 g/mol. The summed E-state index contributed by atoms with van der Waals surface area (Å²) in [6.07, 6.45) is 3.14. The van der Waals surface area contributed by atoms with Gasteiger partial charge >= 0.3 is 0 Å². The van der Waals surface area contributed by atoms with Gasteiger partial charge in [-0.25, -0.2) is 0 Å². The predicted molar refractivity (Wildman–Crippen MR) is 88.1 cm³/mol. The highest BCUT2D eigenvalue weighted by atomic mass is 16.5. The Morgan fingerprint density at radius 2 is 1.86 bits per heavy atom. The summed E-state index contributed by atoms with van der Waals surface area (Å²) < 4.78 is 5.23. The number of carbonyl (C=O) groups is 1. The quantitative estimate of drug-likeness (QED) is 0.920. The predicted octanol–water partition coefficient (Wildman–Crippen LogP) is 4.14. The van der Waals surface area contributed by atoms with Gasteiger partial charge in [0, 0.05) is 29.9 Å². The highest BCUT2D eigenvalue weighted by Gasteiger charge is 2.22. The molecule has 0 saturated carbocycles. The summed E-state index contributed by atoms with van der Waals surface area (Å²) in [5.74, 6) is 1.21. The third-order valence-electron chi connectivity index (χ3n) is 3.89. The van der Waals surface area contributed by atoms with Crippen LogP contribution in [0.1, 0.15) is 24.3 Å². The maximum atomic E-state index is 12.0. The molecule has 0 saturated heterocycles. The van der Waals surface area contributed by atoms with E-state index in [4.69, 9.17) is 4.74 Å². The Morgan fingerprint density at radius 1 is 1.05 bits per heavy atom. The van der Waals surface area contributed by atoms with E-state index in [9.17, 15) is 4.79 Å². The van der Waals surface area contributed by atoms with Crippen LogP contribution in [0, 0.1) is 0 Å². The first-order valence-corrected chi connectivity index (χ1v) is 7.44. The number of methoxy groups -OCH3 is 1. The third kappa shape index (κ3) is 3.37. The van der Waals surface area contributed by atoms with E-state index in [0.717, 1.165) is 23.6 Å². The van der Waals surface area contributed by atoms with E-state index < -0.39 is 0 Å². The van der Waals surface area contributed by atoms with E-state index in [2.05, 4.69) is 17.4 Å². The van der Waals surface area contributed by atoms with E-state index >= 15 is 0 Å². The fraction of sp³-hybridized carbons (Fsp3) is 0.211. The Kier molecular flexibility index (Phi) is 4.24. The third-order valence-corrected chi connectivity index (χ3v) is 3.89. The largest absolute Gasteiger partial charge is 0.497 e. The molecule has 0 bridgehead atoms. The van der Waals surface area contributed by atoms with Crippen LogP contribution in [0.15, 0.2) is 66.4 Å². The summed E-state index contributed by atoms with van der Waals surface area (Å²) in [5.41, 5.74) is 3.11. The van der Waals surface area contributed by atoms with Crippen molar-refractivity contribution < 1.29 is 9.53 Å². The number of hydrogen-bond acceptors (Lipinski definition) is 3. The van der Waals surface area contributed by atoms with E-state index in [1.54, 1.807) is 13.2 Å². The van der Waals surface area contributed by atoms with Crippen LogP contribution in [0.4, 0.5) is 5.69 Å². The Morgan fingerprint density at radius 3 is 2.64 bits per heavy atom. The lowest BCUT2D eigenvalue weighted by Gasteiger charge is -2.23. The van der Waals surface area contributed by atoms with Crippen molar-refractivity contribution in [3.8, 4) is 5.75 Å². The lowest BCUT2D eigenvalue weighted by atomic mass is 9.85. The second-order valence-electron chi connectivity index (χ2n) is 5.51. The lowest BCUT2D eigenvalue weighted by molar-refractivity contribution is -0.115. The maximum absolute atomic E-state index is 12.0. The van der Waals surface area contributed by atoms with Gasteiger partial charge in [-0.1, -0.05) is 36.4 Å². The SMILES string of the molecule is COc1cccc(NC2=CC(=O)C[C@@H](c3ccccc3)C2)c1. The fourth-order valence-corrected chi connectivity index (χ4v) is 2.83. The van der Waals surface area contributed by atoms with Crippen molar-refractivity contribution in [1.82, 2.24) is 0 Å². The van der Waals surface area contributed by atoms with Gasteiger partial charge in [-0.05, 0) is 30.0 Å². The molecule has 3 rings (SSSR count). The molecule has 3 nitrogen and oxygen atoms in total. The maximum Gasteiger partial charge on any atom is 0.158 e. The van der Waals surface area contributed by atoms with Gasteiger partial charge in [0.25, 0.3) is 0 Å². The summed E-state index contributed by atoms with van der Waals surface area (Å²) in [7, 11) is 1.65. The van der Waals surface area contributed by atoms with Crippen LogP contribution in [-0.2, 0) is 4.79 Å². The molecule has 3 heteroatoms. The van der Waals surface area contributed by atoms with E-state index in [1.807, 2.05) is 42.5 Å². The molecule has 1 aliphatic rings. The van der Waals surface area contributed by atoms with Crippen LogP contribution >= 0.6 is 0 Å².